The number of pyridine rings is 2. The molecule has 2 aromatic heterocycles. The summed E-state index contributed by atoms with van der Waals surface area (Å²) in [7, 11) is 3.94. The van der Waals surface area contributed by atoms with Gasteiger partial charge in [-0.2, -0.15) is 0 Å². The number of carbonyl (C=O) groups is 2. The molecule has 5 aromatic rings. The summed E-state index contributed by atoms with van der Waals surface area (Å²) in [4.78, 5) is 37.3. The largest absolute Gasteiger partial charge is 0.494 e. The van der Waals surface area contributed by atoms with E-state index in [-0.39, 0.29) is 17.2 Å². The van der Waals surface area contributed by atoms with Crippen molar-refractivity contribution in [2.45, 2.75) is 108 Å². The summed E-state index contributed by atoms with van der Waals surface area (Å²) in [6.07, 6.45) is 12.3. The van der Waals surface area contributed by atoms with Gasteiger partial charge in [0.1, 0.15) is 22.9 Å². The van der Waals surface area contributed by atoms with Crippen molar-refractivity contribution in [2.75, 3.05) is 37.5 Å². The number of anilines is 2. The number of nitrogens with one attached hydrogen (secondary N) is 2. The Morgan fingerprint density at radius 1 is 0.953 bits per heavy atom. The van der Waals surface area contributed by atoms with E-state index in [2.05, 4.69) is 70.8 Å². The molecule has 3 aromatic carbocycles. The third kappa shape index (κ3) is 10.0. The number of halogens is 1. The smallest absolute Gasteiger partial charge is 0.329 e. The van der Waals surface area contributed by atoms with E-state index in [4.69, 9.17) is 21.1 Å². The Kier molecular flexibility index (Phi) is 13.8. The second-order valence-electron chi connectivity index (χ2n) is 18.7. The van der Waals surface area contributed by atoms with Crippen molar-refractivity contribution in [1.29, 1.82) is 0 Å². The number of fused-ring (bicyclic) bond motifs is 3. The standard InChI is InChI=1S/C53H62ClN5O5/c1-35(34-64-47-20-25-55-46-14-5-9-36(2)50(46)47)27-41-29-39-16-18-44(31-45(39)52(41)21-23-53(24-22-52,51(61)62)58-43-13-7-12-42(54)30-43)63-26-8-15-49(60)57-32-37-10-6-11-38(28-37)40-17-19-48(56-33-40)59(3)4/h6-7,10-13,16-20,25,28,30-31,33,35-36,41,58H,5,8-9,14-15,21-24,26-27,29,32,34H2,1-4H3,(H,57,60)(H,61,62)/t35-,36-,41?,52?,53?/m1/s1. The van der Waals surface area contributed by atoms with Gasteiger partial charge in [-0.25, -0.2) is 9.78 Å². The van der Waals surface area contributed by atoms with Gasteiger partial charge >= 0.3 is 5.97 Å². The maximum absolute atomic E-state index is 13.1. The minimum atomic E-state index is -1.11. The van der Waals surface area contributed by atoms with Gasteiger partial charge in [-0.15, -0.1) is 0 Å². The predicted molar refractivity (Wildman–Crippen MR) is 255 cm³/mol. The number of benzene rings is 3. The number of nitrogens with zero attached hydrogens (tertiary/aromatic N) is 3. The first-order valence-corrected chi connectivity index (χ1v) is 23.4. The van der Waals surface area contributed by atoms with E-state index < -0.39 is 11.5 Å². The first kappa shape index (κ1) is 45.0. The van der Waals surface area contributed by atoms with Crippen molar-refractivity contribution in [1.82, 2.24) is 15.3 Å². The maximum Gasteiger partial charge on any atom is 0.329 e. The quantitative estimate of drug-likeness (QED) is 0.0783. The molecule has 10 nitrogen and oxygen atoms in total. The normalized spacial score (nSPS) is 21.6. The number of aryl methyl sites for hydroxylation is 1. The third-order valence-electron chi connectivity index (χ3n) is 14.0. The average molecular weight is 885 g/mol. The molecule has 0 bridgehead atoms. The highest BCUT2D eigenvalue weighted by Crippen LogP contribution is 2.57. The molecule has 0 radical (unpaired) electrons. The number of aromatic nitrogens is 2. The first-order chi connectivity index (χ1) is 30.9. The van der Waals surface area contributed by atoms with Gasteiger partial charge < -0.3 is 30.1 Å². The minimum absolute atomic E-state index is 0.0197. The number of hydrogen-bond acceptors (Lipinski definition) is 8. The van der Waals surface area contributed by atoms with Crippen LogP contribution in [0.1, 0.15) is 106 Å². The Morgan fingerprint density at radius 3 is 2.55 bits per heavy atom. The van der Waals surface area contributed by atoms with Gasteiger partial charge in [0.2, 0.25) is 5.91 Å². The van der Waals surface area contributed by atoms with Crippen LogP contribution in [0, 0.1) is 11.8 Å². The summed E-state index contributed by atoms with van der Waals surface area (Å²) in [5, 5.41) is 17.8. The second-order valence-corrected chi connectivity index (χ2v) is 19.2. The molecule has 1 unspecified atom stereocenters. The van der Waals surface area contributed by atoms with Crippen LogP contribution in [0.15, 0.2) is 97.3 Å². The zero-order valence-corrected chi connectivity index (χ0v) is 38.4. The van der Waals surface area contributed by atoms with Crippen LogP contribution in [-0.4, -0.2) is 59.8 Å². The lowest BCUT2D eigenvalue weighted by molar-refractivity contribution is -0.144. The van der Waals surface area contributed by atoms with Gasteiger partial charge in [0.15, 0.2) is 0 Å². The number of rotatable bonds is 17. The highest BCUT2D eigenvalue weighted by atomic mass is 35.5. The number of hydrogen-bond donors (Lipinski definition) is 3. The zero-order chi connectivity index (χ0) is 44.8. The summed E-state index contributed by atoms with van der Waals surface area (Å²) in [5.74, 6) is 2.81. The lowest BCUT2D eigenvalue weighted by Gasteiger charge is -2.47. The van der Waals surface area contributed by atoms with E-state index in [1.54, 1.807) is 12.1 Å². The molecular formula is C53H62ClN5O5. The summed E-state index contributed by atoms with van der Waals surface area (Å²) in [6, 6.07) is 28.0. The Bertz CT molecular complexity index is 2430. The number of amides is 1. The molecule has 1 saturated carbocycles. The van der Waals surface area contributed by atoms with E-state index in [1.807, 2.05) is 67.8 Å². The molecule has 2 heterocycles. The van der Waals surface area contributed by atoms with Gasteiger partial charge in [0, 0.05) is 67.0 Å². The molecule has 1 spiro atoms. The average Bonchev–Trinajstić information content (AvgIpc) is 3.58. The molecule has 3 atom stereocenters. The Hall–Kier alpha value is -5.61. The molecule has 336 valence electrons. The van der Waals surface area contributed by atoms with Crippen LogP contribution in [0.2, 0.25) is 5.02 Å². The molecule has 11 heteroatoms. The fourth-order valence-corrected chi connectivity index (χ4v) is 10.8. The van der Waals surface area contributed by atoms with Gasteiger partial charge in [-0.1, -0.05) is 55.8 Å². The highest BCUT2D eigenvalue weighted by Gasteiger charge is 2.54. The fraction of sp³-hybridized carbons (Fsp3) is 0.434. The lowest BCUT2D eigenvalue weighted by Crippen LogP contribution is -2.53. The minimum Gasteiger partial charge on any atom is -0.494 e. The van der Waals surface area contributed by atoms with E-state index in [0.29, 0.717) is 68.0 Å². The molecular weight excluding hydrogens is 822 g/mol. The van der Waals surface area contributed by atoms with Gasteiger partial charge in [0.25, 0.3) is 0 Å². The molecule has 64 heavy (non-hydrogen) atoms. The first-order valence-electron chi connectivity index (χ1n) is 23.0. The molecule has 1 amide bonds. The monoisotopic (exact) mass is 883 g/mol. The van der Waals surface area contributed by atoms with E-state index >= 15 is 0 Å². The molecule has 3 aliphatic rings. The van der Waals surface area contributed by atoms with Crippen LogP contribution in [-0.2, 0) is 34.4 Å². The topological polar surface area (TPSA) is 126 Å². The SMILES string of the molecule is C[C@@H](COc1ccnc2c1[C@H](C)CCC2)CC1Cc2ccc(OCCCC(=O)NCc3cccc(-c4ccc(N(C)C)nc4)c3)cc2C12CCC(Nc1cccc(Cl)c1)(C(=O)O)CC2. The highest BCUT2D eigenvalue weighted by molar-refractivity contribution is 6.30. The van der Waals surface area contributed by atoms with Gasteiger partial charge in [-0.3, -0.25) is 9.78 Å². The Morgan fingerprint density at radius 2 is 1.78 bits per heavy atom. The molecule has 8 rings (SSSR count). The molecule has 3 N–H and O–H groups in total. The van der Waals surface area contributed by atoms with Crippen molar-refractivity contribution in [3.8, 4) is 22.6 Å². The van der Waals surface area contributed by atoms with Crippen molar-refractivity contribution in [3.05, 3.63) is 130 Å². The zero-order valence-electron chi connectivity index (χ0n) is 37.7. The van der Waals surface area contributed by atoms with Crippen LogP contribution in [0.25, 0.3) is 11.1 Å². The maximum atomic E-state index is 13.1. The number of ether oxygens (including phenoxy) is 2. The third-order valence-corrected chi connectivity index (χ3v) is 14.3. The van der Waals surface area contributed by atoms with Crippen LogP contribution in [0.5, 0.6) is 11.5 Å². The van der Waals surface area contributed by atoms with Crippen molar-refractivity contribution < 1.29 is 24.2 Å². The summed E-state index contributed by atoms with van der Waals surface area (Å²) >= 11 is 6.33. The van der Waals surface area contributed by atoms with Gasteiger partial charge in [0.05, 0.1) is 13.2 Å². The van der Waals surface area contributed by atoms with E-state index in [1.165, 1.54) is 22.4 Å². The van der Waals surface area contributed by atoms with Crippen molar-refractivity contribution >= 4 is 35.0 Å². The lowest BCUT2D eigenvalue weighted by atomic mass is 9.59. The molecule has 0 saturated heterocycles. The van der Waals surface area contributed by atoms with Crippen molar-refractivity contribution in [2.24, 2.45) is 11.8 Å². The molecule has 1 fully saturated rings. The number of aliphatic carboxylic acids is 1. The molecule has 0 aliphatic heterocycles. The molecule has 3 aliphatic carbocycles. The van der Waals surface area contributed by atoms with E-state index in [0.717, 1.165) is 79.0 Å². The summed E-state index contributed by atoms with van der Waals surface area (Å²) < 4.78 is 13.0. The van der Waals surface area contributed by atoms with Crippen LogP contribution in [0.4, 0.5) is 11.5 Å². The Labute approximate surface area is 383 Å². The van der Waals surface area contributed by atoms with E-state index in [9.17, 15) is 14.7 Å². The van der Waals surface area contributed by atoms with Crippen LogP contribution in [0.3, 0.4) is 0 Å². The summed E-state index contributed by atoms with van der Waals surface area (Å²) in [6.45, 7) is 6.02. The van der Waals surface area contributed by atoms with Crippen LogP contribution >= 0.6 is 11.6 Å². The van der Waals surface area contributed by atoms with Crippen molar-refractivity contribution in [3.63, 3.8) is 0 Å². The second kappa shape index (κ2) is 19.6. The number of carboxylic acids is 1. The fourth-order valence-electron chi connectivity index (χ4n) is 10.6. The summed E-state index contributed by atoms with van der Waals surface area (Å²) in [5.41, 5.74) is 7.51. The Balaban J connectivity index is 0.916. The van der Waals surface area contributed by atoms with Crippen LogP contribution < -0.4 is 25.0 Å². The predicted octanol–water partition coefficient (Wildman–Crippen LogP) is 10.8. The number of carboxylic acid groups (broad SMARTS) is 1. The van der Waals surface area contributed by atoms with Gasteiger partial charge in [-0.05, 0) is 164 Å². The number of carbonyl (C=O) groups excluding carboxylic acids is 1.